The summed E-state index contributed by atoms with van der Waals surface area (Å²) in [4.78, 5) is 23.0. The first kappa shape index (κ1) is 10.8. The Hall–Kier alpha value is -2.36. The van der Waals surface area contributed by atoms with Crippen LogP contribution in [0.15, 0.2) is 38.1 Å². The van der Waals surface area contributed by atoms with Gasteiger partial charge in [0, 0.05) is 5.39 Å². The molecule has 0 aliphatic carbocycles. The molecule has 2 heterocycles. The van der Waals surface area contributed by atoms with Crippen LogP contribution in [0, 0.1) is 6.92 Å². The zero-order valence-electron chi connectivity index (χ0n) is 9.94. The Labute approximate surface area is 102 Å². The van der Waals surface area contributed by atoms with Gasteiger partial charge in [-0.15, -0.1) is 0 Å². The van der Waals surface area contributed by atoms with Crippen LogP contribution in [0.4, 0.5) is 0 Å². The Kier molecular flexibility index (Phi) is 2.13. The molecule has 0 saturated heterocycles. The molecule has 4 nitrogen and oxygen atoms in total. The molecular formula is C14H10O4. The molecule has 18 heavy (non-hydrogen) atoms. The van der Waals surface area contributed by atoms with Crippen LogP contribution in [0.3, 0.4) is 0 Å². The van der Waals surface area contributed by atoms with Gasteiger partial charge in [0.05, 0.1) is 11.6 Å². The first-order valence-electron chi connectivity index (χ1n) is 5.53. The molecule has 0 atom stereocenters. The van der Waals surface area contributed by atoms with Gasteiger partial charge in [-0.3, -0.25) is 4.79 Å². The van der Waals surface area contributed by atoms with Gasteiger partial charge >= 0.3 is 5.63 Å². The van der Waals surface area contributed by atoms with Crippen LogP contribution in [0.2, 0.25) is 0 Å². The SMILES string of the molecule is CC(=O)c1cc2ccc3occ(C)c3c2oc1=O. The van der Waals surface area contributed by atoms with E-state index in [0.29, 0.717) is 11.2 Å². The molecule has 0 amide bonds. The molecule has 0 spiro atoms. The van der Waals surface area contributed by atoms with Crippen molar-refractivity contribution in [2.75, 3.05) is 0 Å². The molecular weight excluding hydrogens is 232 g/mol. The average molecular weight is 242 g/mol. The molecule has 0 aliphatic heterocycles. The molecule has 0 fully saturated rings. The summed E-state index contributed by atoms with van der Waals surface area (Å²) in [6.45, 7) is 3.23. The largest absolute Gasteiger partial charge is 0.464 e. The lowest BCUT2D eigenvalue weighted by Crippen LogP contribution is -2.10. The molecule has 0 aliphatic rings. The van der Waals surface area contributed by atoms with Crippen molar-refractivity contribution in [2.45, 2.75) is 13.8 Å². The highest BCUT2D eigenvalue weighted by atomic mass is 16.4. The predicted octanol–water partition coefficient (Wildman–Crippen LogP) is 3.05. The second kappa shape index (κ2) is 3.57. The van der Waals surface area contributed by atoms with Gasteiger partial charge in [0.25, 0.3) is 0 Å². The molecule has 90 valence electrons. The van der Waals surface area contributed by atoms with Gasteiger partial charge in [-0.1, -0.05) is 0 Å². The highest BCUT2D eigenvalue weighted by Crippen LogP contribution is 2.28. The van der Waals surface area contributed by atoms with E-state index in [-0.39, 0.29) is 11.3 Å². The van der Waals surface area contributed by atoms with Crippen LogP contribution in [0.5, 0.6) is 0 Å². The Morgan fingerprint density at radius 3 is 2.78 bits per heavy atom. The van der Waals surface area contributed by atoms with Gasteiger partial charge in [-0.05, 0) is 37.6 Å². The molecule has 2 aromatic heterocycles. The summed E-state index contributed by atoms with van der Waals surface area (Å²) >= 11 is 0. The topological polar surface area (TPSA) is 60.4 Å². The smallest absolute Gasteiger partial charge is 0.347 e. The predicted molar refractivity (Wildman–Crippen MR) is 67.0 cm³/mol. The number of hydrogen-bond acceptors (Lipinski definition) is 4. The number of carbonyl (C=O) groups excluding carboxylic acids is 1. The van der Waals surface area contributed by atoms with Crippen molar-refractivity contribution in [3.63, 3.8) is 0 Å². The molecule has 0 radical (unpaired) electrons. The minimum atomic E-state index is -0.608. The molecule has 0 saturated carbocycles. The Bertz CT molecular complexity index is 836. The average Bonchev–Trinajstić information content (AvgIpc) is 2.70. The lowest BCUT2D eigenvalue weighted by Gasteiger charge is -2.00. The maximum Gasteiger partial charge on any atom is 0.347 e. The number of benzene rings is 1. The lowest BCUT2D eigenvalue weighted by molar-refractivity contribution is 0.101. The second-order valence-corrected chi connectivity index (χ2v) is 4.28. The second-order valence-electron chi connectivity index (χ2n) is 4.28. The number of Topliss-reactive ketones (excluding diaryl/α,β-unsaturated/α-hetero) is 1. The fourth-order valence-electron chi connectivity index (χ4n) is 2.09. The van der Waals surface area contributed by atoms with Crippen molar-refractivity contribution >= 4 is 27.7 Å². The van der Waals surface area contributed by atoms with Crippen molar-refractivity contribution in [1.29, 1.82) is 0 Å². The third kappa shape index (κ3) is 1.39. The maximum absolute atomic E-state index is 11.7. The van der Waals surface area contributed by atoms with Crippen LogP contribution < -0.4 is 5.63 Å². The molecule has 0 N–H and O–H groups in total. The summed E-state index contributed by atoms with van der Waals surface area (Å²) in [7, 11) is 0. The maximum atomic E-state index is 11.7. The zero-order valence-corrected chi connectivity index (χ0v) is 9.94. The minimum absolute atomic E-state index is 0.0722. The monoisotopic (exact) mass is 242 g/mol. The molecule has 3 aromatic rings. The zero-order chi connectivity index (χ0) is 12.9. The summed E-state index contributed by atoms with van der Waals surface area (Å²) in [6.07, 6.45) is 1.61. The van der Waals surface area contributed by atoms with Crippen LogP contribution in [0.1, 0.15) is 22.8 Å². The van der Waals surface area contributed by atoms with Crippen molar-refractivity contribution in [3.8, 4) is 0 Å². The highest BCUT2D eigenvalue weighted by molar-refractivity contribution is 6.05. The van der Waals surface area contributed by atoms with Gasteiger partial charge in [0.1, 0.15) is 16.7 Å². The summed E-state index contributed by atoms with van der Waals surface area (Å²) in [5, 5.41) is 1.50. The van der Waals surface area contributed by atoms with E-state index in [1.54, 1.807) is 24.5 Å². The number of aryl methyl sites for hydroxylation is 1. The van der Waals surface area contributed by atoms with E-state index in [1.165, 1.54) is 6.92 Å². The van der Waals surface area contributed by atoms with Gasteiger partial charge < -0.3 is 8.83 Å². The van der Waals surface area contributed by atoms with E-state index >= 15 is 0 Å². The van der Waals surface area contributed by atoms with Crippen LogP contribution in [-0.4, -0.2) is 5.78 Å². The van der Waals surface area contributed by atoms with Crippen LogP contribution in [-0.2, 0) is 0 Å². The molecule has 3 rings (SSSR count). The summed E-state index contributed by atoms with van der Waals surface area (Å²) in [5.74, 6) is -0.297. The van der Waals surface area contributed by atoms with Gasteiger partial charge in [-0.25, -0.2) is 4.79 Å². The van der Waals surface area contributed by atoms with Crippen molar-refractivity contribution in [3.05, 3.63) is 46.0 Å². The molecule has 0 bridgehead atoms. The van der Waals surface area contributed by atoms with E-state index < -0.39 is 5.63 Å². The molecule has 0 unspecified atom stereocenters. The van der Waals surface area contributed by atoms with E-state index in [4.69, 9.17) is 8.83 Å². The van der Waals surface area contributed by atoms with Crippen LogP contribution in [0.25, 0.3) is 21.9 Å². The van der Waals surface area contributed by atoms with E-state index in [9.17, 15) is 9.59 Å². The summed E-state index contributed by atoms with van der Waals surface area (Å²) in [5.41, 5.74) is 1.49. The third-order valence-electron chi connectivity index (χ3n) is 3.00. The quantitative estimate of drug-likeness (QED) is 0.486. The lowest BCUT2D eigenvalue weighted by atomic mass is 10.1. The minimum Gasteiger partial charge on any atom is -0.464 e. The van der Waals surface area contributed by atoms with Crippen molar-refractivity contribution in [2.24, 2.45) is 0 Å². The fraction of sp³-hybridized carbons (Fsp3) is 0.143. The fourth-order valence-corrected chi connectivity index (χ4v) is 2.09. The van der Waals surface area contributed by atoms with Gasteiger partial charge in [0.15, 0.2) is 5.78 Å². The Balaban J connectivity index is 2.53. The third-order valence-corrected chi connectivity index (χ3v) is 3.00. The highest BCUT2D eigenvalue weighted by Gasteiger charge is 2.13. The number of fused-ring (bicyclic) bond motifs is 3. The number of ketones is 1. The first-order chi connectivity index (χ1) is 8.58. The Morgan fingerprint density at radius 2 is 2.06 bits per heavy atom. The summed E-state index contributed by atoms with van der Waals surface area (Å²) in [6, 6.07) is 5.14. The van der Waals surface area contributed by atoms with E-state index in [2.05, 4.69) is 0 Å². The molecule has 4 heteroatoms. The van der Waals surface area contributed by atoms with E-state index in [1.807, 2.05) is 6.92 Å². The normalized spacial score (nSPS) is 11.2. The standard InChI is InChI=1S/C14H10O4/c1-7-6-17-11-4-3-9-5-10(8(2)15)14(16)18-13(9)12(7)11/h3-6H,1-2H3. The van der Waals surface area contributed by atoms with Crippen molar-refractivity contribution in [1.82, 2.24) is 0 Å². The van der Waals surface area contributed by atoms with Crippen molar-refractivity contribution < 1.29 is 13.6 Å². The number of hydrogen-bond donors (Lipinski definition) is 0. The number of furan rings is 1. The number of carbonyl (C=O) groups is 1. The number of rotatable bonds is 1. The van der Waals surface area contributed by atoms with Gasteiger partial charge in [0.2, 0.25) is 0 Å². The first-order valence-corrected chi connectivity index (χ1v) is 5.53. The van der Waals surface area contributed by atoms with E-state index in [0.717, 1.165) is 16.3 Å². The molecule has 1 aromatic carbocycles. The van der Waals surface area contributed by atoms with Crippen LogP contribution >= 0.6 is 0 Å². The van der Waals surface area contributed by atoms with Gasteiger partial charge in [-0.2, -0.15) is 0 Å². The Morgan fingerprint density at radius 1 is 1.28 bits per heavy atom. The summed E-state index contributed by atoms with van der Waals surface area (Å²) < 4.78 is 10.6.